The van der Waals surface area contributed by atoms with E-state index in [1.807, 2.05) is 14.0 Å². The molecule has 0 unspecified atom stereocenters. The molecular formula is C13H16ClN5O. The largest absolute Gasteiger partial charge is 0.334 e. The van der Waals surface area contributed by atoms with Crippen molar-refractivity contribution in [1.29, 1.82) is 0 Å². The Morgan fingerprint density at radius 1 is 1.45 bits per heavy atom. The van der Waals surface area contributed by atoms with E-state index >= 15 is 0 Å². The summed E-state index contributed by atoms with van der Waals surface area (Å²) in [6, 6.07) is 1.34. The van der Waals surface area contributed by atoms with Gasteiger partial charge in [0, 0.05) is 31.0 Å². The van der Waals surface area contributed by atoms with Crippen LogP contribution in [0.1, 0.15) is 17.0 Å². The van der Waals surface area contributed by atoms with Gasteiger partial charge >= 0.3 is 6.03 Å². The van der Waals surface area contributed by atoms with Crippen LogP contribution in [0, 0.1) is 13.8 Å². The van der Waals surface area contributed by atoms with Crippen molar-refractivity contribution in [2.75, 3.05) is 5.32 Å². The number of aromatic nitrogens is 3. The first-order chi connectivity index (χ1) is 9.49. The van der Waals surface area contributed by atoms with Gasteiger partial charge in [0.1, 0.15) is 0 Å². The standard InChI is InChI=1S/C13H16ClN5O/c1-8-12(14)11(4-5-15-8)18-13(20)16-6-10-7-17-19(3)9(10)2/h4-5,7H,6H2,1-3H3,(H2,15,16,18,20). The number of anilines is 1. The molecule has 0 radical (unpaired) electrons. The van der Waals surface area contributed by atoms with Crippen molar-refractivity contribution in [3.8, 4) is 0 Å². The maximum absolute atomic E-state index is 11.8. The maximum atomic E-state index is 11.8. The lowest BCUT2D eigenvalue weighted by Crippen LogP contribution is -2.28. The van der Waals surface area contributed by atoms with Gasteiger partial charge in [-0.2, -0.15) is 5.10 Å². The van der Waals surface area contributed by atoms with Crippen molar-refractivity contribution < 1.29 is 4.79 Å². The quantitative estimate of drug-likeness (QED) is 0.913. The van der Waals surface area contributed by atoms with Gasteiger partial charge in [0.25, 0.3) is 0 Å². The van der Waals surface area contributed by atoms with E-state index in [0.29, 0.717) is 22.9 Å². The Hall–Kier alpha value is -2.08. The fourth-order valence-electron chi connectivity index (χ4n) is 1.70. The van der Waals surface area contributed by atoms with E-state index in [2.05, 4.69) is 20.7 Å². The number of nitrogens with zero attached hydrogens (tertiary/aromatic N) is 3. The summed E-state index contributed by atoms with van der Waals surface area (Å²) >= 11 is 6.06. The molecule has 0 aliphatic heterocycles. The first kappa shape index (κ1) is 14.3. The number of hydrogen-bond donors (Lipinski definition) is 2. The highest BCUT2D eigenvalue weighted by Gasteiger charge is 2.09. The van der Waals surface area contributed by atoms with E-state index < -0.39 is 0 Å². The molecule has 0 atom stereocenters. The molecule has 0 spiro atoms. The predicted molar refractivity (Wildman–Crippen MR) is 77.8 cm³/mol. The van der Waals surface area contributed by atoms with Gasteiger partial charge in [0.2, 0.25) is 0 Å². The summed E-state index contributed by atoms with van der Waals surface area (Å²) < 4.78 is 1.76. The summed E-state index contributed by atoms with van der Waals surface area (Å²) in [5.41, 5.74) is 3.20. The monoisotopic (exact) mass is 293 g/mol. The van der Waals surface area contributed by atoms with Crippen molar-refractivity contribution in [1.82, 2.24) is 20.1 Å². The van der Waals surface area contributed by atoms with Crippen molar-refractivity contribution in [3.05, 3.63) is 40.4 Å². The van der Waals surface area contributed by atoms with Gasteiger partial charge in [-0.25, -0.2) is 4.79 Å². The number of nitrogens with one attached hydrogen (secondary N) is 2. The molecule has 106 valence electrons. The highest BCUT2D eigenvalue weighted by atomic mass is 35.5. The van der Waals surface area contributed by atoms with E-state index in [4.69, 9.17) is 11.6 Å². The SMILES string of the molecule is Cc1nccc(NC(=O)NCc2cnn(C)c2C)c1Cl. The van der Waals surface area contributed by atoms with Gasteiger partial charge in [0.05, 0.1) is 22.6 Å². The lowest BCUT2D eigenvalue weighted by atomic mass is 10.2. The molecular weight excluding hydrogens is 278 g/mol. The minimum atomic E-state index is -0.319. The molecule has 2 rings (SSSR count). The van der Waals surface area contributed by atoms with Crippen LogP contribution in [0.4, 0.5) is 10.5 Å². The van der Waals surface area contributed by atoms with Crippen molar-refractivity contribution in [3.63, 3.8) is 0 Å². The zero-order chi connectivity index (χ0) is 14.7. The number of aryl methyl sites for hydroxylation is 2. The van der Waals surface area contributed by atoms with Crippen LogP contribution >= 0.6 is 11.6 Å². The average molecular weight is 294 g/mol. The first-order valence-electron chi connectivity index (χ1n) is 6.12. The molecule has 2 aromatic heterocycles. The summed E-state index contributed by atoms with van der Waals surface area (Å²) in [7, 11) is 1.86. The van der Waals surface area contributed by atoms with Gasteiger partial charge in [0.15, 0.2) is 0 Å². The summed E-state index contributed by atoms with van der Waals surface area (Å²) in [4.78, 5) is 15.9. The molecule has 2 amide bonds. The molecule has 2 N–H and O–H groups in total. The Kier molecular flexibility index (Phi) is 4.24. The van der Waals surface area contributed by atoms with Crippen LogP contribution in [-0.4, -0.2) is 20.8 Å². The number of rotatable bonds is 3. The topological polar surface area (TPSA) is 71.8 Å². The Balaban J connectivity index is 1.96. The van der Waals surface area contributed by atoms with Crippen LogP contribution in [0.3, 0.4) is 0 Å². The first-order valence-corrected chi connectivity index (χ1v) is 6.50. The molecule has 0 aromatic carbocycles. The minimum absolute atomic E-state index is 0.319. The van der Waals surface area contributed by atoms with Gasteiger partial charge < -0.3 is 10.6 Å². The number of amides is 2. The highest BCUT2D eigenvalue weighted by molar-refractivity contribution is 6.34. The second kappa shape index (κ2) is 5.92. The maximum Gasteiger partial charge on any atom is 0.319 e. The van der Waals surface area contributed by atoms with E-state index in [9.17, 15) is 4.79 Å². The molecule has 0 fully saturated rings. The molecule has 2 heterocycles. The van der Waals surface area contributed by atoms with Crippen molar-refractivity contribution in [2.45, 2.75) is 20.4 Å². The fourth-order valence-corrected chi connectivity index (χ4v) is 1.86. The third kappa shape index (κ3) is 3.08. The average Bonchev–Trinajstić information content (AvgIpc) is 2.73. The molecule has 20 heavy (non-hydrogen) atoms. The molecule has 0 saturated heterocycles. The Morgan fingerprint density at radius 3 is 2.85 bits per heavy atom. The lowest BCUT2D eigenvalue weighted by Gasteiger charge is -2.09. The fraction of sp³-hybridized carbons (Fsp3) is 0.308. The molecule has 7 heteroatoms. The molecule has 0 saturated carbocycles. The van der Waals surface area contributed by atoms with Crippen LogP contribution in [0.5, 0.6) is 0 Å². The number of pyridine rings is 1. The Bertz CT molecular complexity index is 638. The summed E-state index contributed by atoms with van der Waals surface area (Å²) in [5.74, 6) is 0. The van der Waals surface area contributed by atoms with Crippen LogP contribution in [0.15, 0.2) is 18.5 Å². The van der Waals surface area contributed by atoms with E-state index in [0.717, 1.165) is 11.3 Å². The van der Waals surface area contributed by atoms with Gasteiger partial charge in [-0.1, -0.05) is 11.6 Å². The van der Waals surface area contributed by atoms with Crippen LogP contribution in [-0.2, 0) is 13.6 Å². The number of carbonyl (C=O) groups is 1. The normalized spacial score (nSPS) is 10.4. The van der Waals surface area contributed by atoms with Crippen molar-refractivity contribution in [2.24, 2.45) is 7.05 Å². The van der Waals surface area contributed by atoms with E-state index in [1.54, 1.807) is 30.1 Å². The third-order valence-corrected chi connectivity index (χ3v) is 3.57. The predicted octanol–water partition coefficient (Wildman–Crippen LogP) is 2.41. The number of halogens is 1. The zero-order valence-corrected chi connectivity index (χ0v) is 12.3. The second-order valence-electron chi connectivity index (χ2n) is 4.44. The molecule has 6 nitrogen and oxygen atoms in total. The summed E-state index contributed by atoms with van der Waals surface area (Å²) in [6.45, 7) is 4.14. The number of urea groups is 1. The zero-order valence-electron chi connectivity index (χ0n) is 11.6. The Morgan fingerprint density at radius 2 is 2.20 bits per heavy atom. The third-order valence-electron chi connectivity index (χ3n) is 3.09. The lowest BCUT2D eigenvalue weighted by molar-refractivity contribution is 0.251. The number of carbonyl (C=O) groups excluding carboxylic acids is 1. The van der Waals surface area contributed by atoms with E-state index in [1.165, 1.54) is 0 Å². The van der Waals surface area contributed by atoms with Crippen molar-refractivity contribution >= 4 is 23.3 Å². The van der Waals surface area contributed by atoms with Crippen LogP contribution in [0.25, 0.3) is 0 Å². The molecule has 2 aromatic rings. The summed E-state index contributed by atoms with van der Waals surface area (Å²) in [6.07, 6.45) is 3.33. The smallest absolute Gasteiger partial charge is 0.319 e. The van der Waals surface area contributed by atoms with Gasteiger partial charge in [-0.15, -0.1) is 0 Å². The molecule has 0 aliphatic carbocycles. The van der Waals surface area contributed by atoms with Gasteiger partial charge in [-0.05, 0) is 19.9 Å². The second-order valence-corrected chi connectivity index (χ2v) is 4.82. The van der Waals surface area contributed by atoms with Crippen LogP contribution in [0.2, 0.25) is 5.02 Å². The van der Waals surface area contributed by atoms with E-state index in [-0.39, 0.29) is 6.03 Å². The van der Waals surface area contributed by atoms with Gasteiger partial charge in [-0.3, -0.25) is 9.67 Å². The molecule has 0 aliphatic rings. The Labute approximate surface area is 122 Å². The molecule has 0 bridgehead atoms. The minimum Gasteiger partial charge on any atom is -0.334 e. The highest BCUT2D eigenvalue weighted by Crippen LogP contribution is 2.23. The summed E-state index contributed by atoms with van der Waals surface area (Å²) in [5, 5.41) is 10.0. The van der Waals surface area contributed by atoms with Crippen LogP contribution < -0.4 is 10.6 Å². The number of hydrogen-bond acceptors (Lipinski definition) is 3.